The van der Waals surface area contributed by atoms with Crippen molar-refractivity contribution in [3.8, 4) is 0 Å². The molecule has 1 aromatic carbocycles. The zero-order chi connectivity index (χ0) is 14.6. The Morgan fingerprint density at radius 3 is 1.47 bits per heavy atom. The second-order valence-electron chi connectivity index (χ2n) is 3.95. The van der Waals surface area contributed by atoms with Gasteiger partial charge in [0.15, 0.2) is 0 Å². The maximum absolute atomic E-state index is 9.43. The standard InChI is InChI=1S/C7H7.C4H9.C3H4O4.Ca/c1-7-5-3-2-4-6-7;1-4(2)3;4-2(5)1-3(6)7;/h2-6H,1H2;1-3H3;1H2,(H,4,5)(H,6,7);/q2*-1;;+2. The molecule has 0 heterocycles. The van der Waals surface area contributed by atoms with Crippen LogP contribution in [0.15, 0.2) is 30.3 Å². The van der Waals surface area contributed by atoms with E-state index >= 15 is 0 Å². The third-order valence-electron chi connectivity index (χ3n) is 1.15. The van der Waals surface area contributed by atoms with Gasteiger partial charge in [0.05, 0.1) is 0 Å². The summed E-state index contributed by atoms with van der Waals surface area (Å²) in [6, 6.07) is 9.87. The van der Waals surface area contributed by atoms with E-state index in [2.05, 4.69) is 27.7 Å². The predicted octanol–water partition coefficient (Wildman–Crippen LogP) is 2.65. The average Bonchev–Trinajstić information content (AvgIpc) is 2.16. The Morgan fingerprint density at radius 1 is 1.05 bits per heavy atom. The molecule has 0 aliphatic carbocycles. The Bertz CT molecular complexity index is 322. The molecular formula is C14H20CaO4. The van der Waals surface area contributed by atoms with Gasteiger partial charge >= 0.3 is 49.7 Å². The molecule has 0 aliphatic heterocycles. The molecule has 0 aliphatic rings. The molecule has 5 heteroatoms. The molecule has 102 valence electrons. The molecule has 2 N–H and O–H groups in total. The molecule has 1 rings (SSSR count). The summed E-state index contributed by atoms with van der Waals surface area (Å²) in [7, 11) is 0. The number of carboxylic acid groups (broad SMARTS) is 2. The number of carboxylic acids is 2. The van der Waals surface area contributed by atoms with Crippen molar-refractivity contribution in [3.05, 3.63) is 48.7 Å². The van der Waals surface area contributed by atoms with Crippen LogP contribution in [-0.4, -0.2) is 59.9 Å². The first-order valence-electron chi connectivity index (χ1n) is 5.33. The summed E-state index contributed by atoms with van der Waals surface area (Å²) >= 11 is 0. The summed E-state index contributed by atoms with van der Waals surface area (Å²) < 4.78 is 0. The van der Waals surface area contributed by atoms with E-state index in [9.17, 15) is 9.59 Å². The summed E-state index contributed by atoms with van der Waals surface area (Å²) in [4.78, 5) is 18.9. The summed E-state index contributed by atoms with van der Waals surface area (Å²) in [5, 5.41) is 15.4. The van der Waals surface area contributed by atoms with Crippen LogP contribution in [0.2, 0.25) is 0 Å². The fraction of sp³-hybridized carbons (Fsp3) is 0.286. The normalized spacial score (nSPS) is 8.00. The maximum Gasteiger partial charge on any atom is 2.00 e. The molecule has 1 aromatic rings. The van der Waals surface area contributed by atoms with Gasteiger partial charge in [-0.2, -0.15) is 45.4 Å². The number of hydrogen-bond donors (Lipinski definition) is 2. The van der Waals surface area contributed by atoms with Gasteiger partial charge in [-0.15, -0.1) is 12.1 Å². The zero-order valence-electron chi connectivity index (χ0n) is 11.7. The fourth-order valence-electron chi connectivity index (χ4n) is 0.607. The minimum Gasteiger partial charge on any atom is -0.481 e. The maximum atomic E-state index is 9.43. The van der Waals surface area contributed by atoms with E-state index in [1.807, 2.05) is 30.3 Å². The second-order valence-corrected chi connectivity index (χ2v) is 3.95. The molecular weight excluding hydrogens is 272 g/mol. The summed E-state index contributed by atoms with van der Waals surface area (Å²) in [6.45, 7) is 9.97. The SMILES string of the molecule is C[C-](C)C.O=C(O)CC(=O)O.[CH2-]c1ccccc1.[Ca+2]. The molecule has 0 saturated carbocycles. The van der Waals surface area contributed by atoms with Gasteiger partial charge in [-0.05, 0) is 0 Å². The van der Waals surface area contributed by atoms with Crippen LogP contribution in [-0.2, 0) is 9.59 Å². The topological polar surface area (TPSA) is 74.6 Å². The van der Waals surface area contributed by atoms with Crippen molar-refractivity contribution in [1.82, 2.24) is 0 Å². The Kier molecular flexibility index (Phi) is 18.9. The third kappa shape index (κ3) is 31.7. The van der Waals surface area contributed by atoms with Crippen molar-refractivity contribution in [2.24, 2.45) is 0 Å². The first kappa shape index (κ1) is 23.4. The van der Waals surface area contributed by atoms with E-state index in [1.54, 1.807) is 0 Å². The van der Waals surface area contributed by atoms with Crippen molar-refractivity contribution >= 4 is 49.7 Å². The van der Waals surface area contributed by atoms with E-state index in [0.717, 1.165) is 5.56 Å². The van der Waals surface area contributed by atoms with Crippen molar-refractivity contribution in [2.75, 3.05) is 0 Å². The van der Waals surface area contributed by atoms with Crippen molar-refractivity contribution in [2.45, 2.75) is 27.2 Å². The Labute approximate surface area is 144 Å². The van der Waals surface area contributed by atoms with E-state index in [4.69, 9.17) is 10.2 Å². The molecule has 0 radical (unpaired) electrons. The van der Waals surface area contributed by atoms with Gasteiger partial charge < -0.3 is 16.1 Å². The number of rotatable bonds is 2. The Morgan fingerprint density at radius 2 is 1.37 bits per heavy atom. The van der Waals surface area contributed by atoms with E-state index < -0.39 is 18.4 Å². The van der Waals surface area contributed by atoms with Gasteiger partial charge in [0.1, 0.15) is 6.42 Å². The molecule has 19 heavy (non-hydrogen) atoms. The van der Waals surface area contributed by atoms with Gasteiger partial charge in [0.25, 0.3) is 0 Å². The fourth-order valence-corrected chi connectivity index (χ4v) is 0.607. The van der Waals surface area contributed by atoms with Gasteiger partial charge in [0, 0.05) is 0 Å². The van der Waals surface area contributed by atoms with Crippen LogP contribution < -0.4 is 0 Å². The zero-order valence-corrected chi connectivity index (χ0v) is 13.9. The molecule has 0 aromatic heterocycles. The molecule has 0 bridgehead atoms. The van der Waals surface area contributed by atoms with Gasteiger partial charge in [0.2, 0.25) is 0 Å². The van der Waals surface area contributed by atoms with Crippen LogP contribution in [0.4, 0.5) is 0 Å². The predicted molar refractivity (Wildman–Crippen MR) is 76.8 cm³/mol. The van der Waals surface area contributed by atoms with Crippen LogP contribution in [0.25, 0.3) is 0 Å². The summed E-state index contributed by atoms with van der Waals surface area (Å²) in [6.07, 6.45) is -0.806. The first-order chi connectivity index (χ1) is 8.25. The van der Waals surface area contributed by atoms with Crippen LogP contribution in [0.5, 0.6) is 0 Å². The Hall–Kier alpha value is -0.710. The summed E-state index contributed by atoms with van der Waals surface area (Å²) in [5.41, 5.74) is 1.07. The van der Waals surface area contributed by atoms with Gasteiger partial charge in [-0.1, -0.05) is 6.07 Å². The van der Waals surface area contributed by atoms with Gasteiger partial charge in [-0.3, -0.25) is 9.59 Å². The first-order valence-corrected chi connectivity index (χ1v) is 5.33. The number of carbonyl (C=O) groups is 2. The largest absolute Gasteiger partial charge is 2.00 e. The smallest absolute Gasteiger partial charge is 0.481 e. The monoisotopic (exact) mass is 292 g/mol. The third-order valence-corrected chi connectivity index (χ3v) is 1.15. The van der Waals surface area contributed by atoms with Crippen molar-refractivity contribution in [1.29, 1.82) is 0 Å². The second kappa shape index (κ2) is 15.3. The Balaban J connectivity index is -0.000000205. The van der Waals surface area contributed by atoms with E-state index in [-0.39, 0.29) is 37.7 Å². The van der Waals surface area contributed by atoms with Crippen molar-refractivity contribution in [3.63, 3.8) is 0 Å². The molecule has 0 amide bonds. The van der Waals surface area contributed by atoms with Crippen LogP contribution in [0, 0.1) is 12.8 Å². The molecule has 0 atom stereocenters. The quantitative estimate of drug-likeness (QED) is 0.499. The molecule has 0 spiro atoms. The van der Waals surface area contributed by atoms with Crippen LogP contribution in [0.3, 0.4) is 0 Å². The molecule has 0 fully saturated rings. The minimum absolute atomic E-state index is 0. The minimum atomic E-state index is -1.31. The molecule has 4 nitrogen and oxygen atoms in total. The number of benzene rings is 1. The number of hydrogen-bond acceptors (Lipinski definition) is 2. The molecule has 0 unspecified atom stereocenters. The van der Waals surface area contributed by atoms with E-state index in [1.165, 1.54) is 5.92 Å². The van der Waals surface area contributed by atoms with Crippen LogP contribution in [0.1, 0.15) is 32.8 Å². The van der Waals surface area contributed by atoms with E-state index in [0.29, 0.717) is 0 Å². The van der Waals surface area contributed by atoms with Crippen molar-refractivity contribution < 1.29 is 19.8 Å². The average molecular weight is 292 g/mol. The van der Waals surface area contributed by atoms with Crippen LogP contribution >= 0.6 is 0 Å². The van der Waals surface area contributed by atoms with Gasteiger partial charge in [-0.25, -0.2) is 0 Å². The number of aliphatic carboxylic acids is 2. The molecule has 0 saturated heterocycles. The summed E-state index contributed by atoms with van der Waals surface area (Å²) in [5.74, 6) is -1.21.